The number of fused-ring (bicyclic) bond motifs is 1. The third-order valence-corrected chi connectivity index (χ3v) is 3.75. The van der Waals surface area contributed by atoms with E-state index in [4.69, 9.17) is 9.15 Å². The number of carbonyl (C=O) groups excluding carboxylic acids is 1. The minimum atomic E-state index is -0.477. The van der Waals surface area contributed by atoms with Crippen LogP contribution < -0.4 is 10.1 Å². The number of furan rings is 1. The van der Waals surface area contributed by atoms with Crippen molar-refractivity contribution in [3.63, 3.8) is 0 Å². The monoisotopic (exact) mass is 313 g/mol. The van der Waals surface area contributed by atoms with Gasteiger partial charge in [-0.3, -0.25) is 4.79 Å². The second kappa shape index (κ2) is 6.12. The van der Waals surface area contributed by atoms with E-state index in [0.29, 0.717) is 23.2 Å². The molecule has 0 aliphatic rings. The molecule has 0 aliphatic heterocycles. The number of amides is 1. The Morgan fingerprint density at radius 3 is 2.74 bits per heavy atom. The Balaban J connectivity index is 1.84. The number of ether oxygens (including phenoxy) is 1. The van der Waals surface area contributed by atoms with Gasteiger partial charge in [0, 0.05) is 23.1 Å². The van der Waals surface area contributed by atoms with Gasteiger partial charge in [-0.15, -0.1) is 0 Å². The van der Waals surface area contributed by atoms with E-state index in [1.807, 2.05) is 24.3 Å². The van der Waals surface area contributed by atoms with E-state index < -0.39 is 5.82 Å². The minimum Gasteiger partial charge on any atom is -0.496 e. The van der Waals surface area contributed by atoms with Gasteiger partial charge in [0.25, 0.3) is 5.91 Å². The van der Waals surface area contributed by atoms with Crippen LogP contribution in [0, 0.1) is 12.7 Å². The van der Waals surface area contributed by atoms with E-state index >= 15 is 0 Å². The Hall–Kier alpha value is -2.82. The highest BCUT2D eigenvalue weighted by Gasteiger charge is 2.19. The molecule has 3 rings (SSSR count). The molecule has 23 heavy (non-hydrogen) atoms. The first kappa shape index (κ1) is 15.1. The highest BCUT2D eigenvalue weighted by Crippen LogP contribution is 2.27. The van der Waals surface area contributed by atoms with Crippen LogP contribution in [0.25, 0.3) is 11.0 Å². The van der Waals surface area contributed by atoms with E-state index in [9.17, 15) is 9.18 Å². The van der Waals surface area contributed by atoms with E-state index in [-0.39, 0.29) is 17.3 Å². The normalized spacial score (nSPS) is 10.7. The van der Waals surface area contributed by atoms with Crippen LogP contribution in [0.4, 0.5) is 4.39 Å². The zero-order valence-electron chi connectivity index (χ0n) is 12.9. The Bertz CT molecular complexity index is 870. The number of rotatable bonds is 4. The largest absolute Gasteiger partial charge is 0.496 e. The van der Waals surface area contributed by atoms with Gasteiger partial charge in [-0.2, -0.15) is 0 Å². The van der Waals surface area contributed by atoms with E-state index in [1.165, 1.54) is 6.07 Å². The molecule has 0 aliphatic carbocycles. The first-order valence-corrected chi connectivity index (χ1v) is 7.19. The predicted octanol–water partition coefficient (Wildman–Crippen LogP) is 3.82. The lowest BCUT2D eigenvalue weighted by Crippen LogP contribution is -2.23. The second-order valence-corrected chi connectivity index (χ2v) is 5.17. The first-order chi connectivity index (χ1) is 11.1. The van der Waals surface area contributed by atoms with Crippen molar-refractivity contribution in [3.8, 4) is 5.75 Å². The summed E-state index contributed by atoms with van der Waals surface area (Å²) < 4.78 is 24.4. The summed E-state index contributed by atoms with van der Waals surface area (Å²) in [6.07, 6.45) is 0. The Morgan fingerprint density at radius 2 is 2.00 bits per heavy atom. The summed E-state index contributed by atoms with van der Waals surface area (Å²) in [5.41, 5.74) is 1.58. The summed E-state index contributed by atoms with van der Waals surface area (Å²) in [5, 5.41) is 3.38. The van der Waals surface area contributed by atoms with Gasteiger partial charge in [-0.25, -0.2) is 4.39 Å². The molecule has 0 saturated carbocycles. The molecule has 4 nitrogen and oxygen atoms in total. The molecule has 1 amide bonds. The van der Waals surface area contributed by atoms with Gasteiger partial charge in [0.05, 0.1) is 7.11 Å². The van der Waals surface area contributed by atoms with Crippen LogP contribution >= 0.6 is 0 Å². The molecule has 1 aromatic heterocycles. The zero-order chi connectivity index (χ0) is 16.4. The van der Waals surface area contributed by atoms with Gasteiger partial charge < -0.3 is 14.5 Å². The molecular formula is C18H16FNO3. The predicted molar refractivity (Wildman–Crippen MR) is 85.1 cm³/mol. The summed E-state index contributed by atoms with van der Waals surface area (Å²) in [7, 11) is 1.58. The molecule has 0 unspecified atom stereocenters. The molecule has 118 valence electrons. The van der Waals surface area contributed by atoms with Crippen molar-refractivity contribution in [2.75, 3.05) is 7.11 Å². The fraction of sp³-hybridized carbons (Fsp3) is 0.167. The number of para-hydroxylation sites is 2. The van der Waals surface area contributed by atoms with Crippen LogP contribution in [0.5, 0.6) is 5.75 Å². The van der Waals surface area contributed by atoms with Crippen LogP contribution in [0.3, 0.4) is 0 Å². The Kier molecular flexibility index (Phi) is 4.02. The van der Waals surface area contributed by atoms with E-state index in [0.717, 1.165) is 5.56 Å². The summed E-state index contributed by atoms with van der Waals surface area (Å²) in [4.78, 5) is 12.4. The second-order valence-electron chi connectivity index (χ2n) is 5.17. The summed E-state index contributed by atoms with van der Waals surface area (Å²) >= 11 is 0. The SMILES string of the molecule is COc1ccccc1CNC(=O)c1oc2c(F)cccc2c1C. The summed E-state index contributed by atoms with van der Waals surface area (Å²) in [6, 6.07) is 12.0. The highest BCUT2D eigenvalue weighted by atomic mass is 19.1. The molecule has 0 bridgehead atoms. The molecule has 5 heteroatoms. The van der Waals surface area contributed by atoms with Gasteiger partial charge >= 0.3 is 0 Å². The standard InChI is InChI=1S/C18H16FNO3/c1-11-13-7-5-8-14(19)17(13)23-16(11)18(21)20-10-12-6-3-4-9-15(12)22-2/h3-9H,10H2,1-2H3,(H,20,21). The Morgan fingerprint density at radius 1 is 1.22 bits per heavy atom. The summed E-state index contributed by atoms with van der Waals surface area (Å²) in [5.74, 6) is -0.0430. The smallest absolute Gasteiger partial charge is 0.287 e. The van der Waals surface area contributed by atoms with Crippen molar-refractivity contribution in [2.24, 2.45) is 0 Å². The molecule has 0 atom stereocenters. The molecule has 0 radical (unpaired) electrons. The maximum atomic E-state index is 13.8. The molecule has 0 fully saturated rings. The zero-order valence-corrected chi connectivity index (χ0v) is 12.9. The first-order valence-electron chi connectivity index (χ1n) is 7.19. The highest BCUT2D eigenvalue weighted by molar-refractivity contribution is 5.99. The van der Waals surface area contributed by atoms with Crippen LogP contribution in [0.2, 0.25) is 0 Å². The number of halogens is 1. The molecule has 0 saturated heterocycles. The van der Waals surface area contributed by atoms with Crippen molar-refractivity contribution >= 4 is 16.9 Å². The fourth-order valence-corrected chi connectivity index (χ4v) is 2.53. The Labute approximate surface area is 132 Å². The van der Waals surface area contributed by atoms with E-state index in [2.05, 4.69) is 5.32 Å². The fourth-order valence-electron chi connectivity index (χ4n) is 2.53. The molecule has 1 N–H and O–H groups in total. The van der Waals surface area contributed by atoms with Gasteiger partial charge in [-0.05, 0) is 19.1 Å². The lowest BCUT2D eigenvalue weighted by atomic mass is 10.1. The number of carbonyl (C=O) groups is 1. The van der Waals surface area contributed by atoms with Crippen LogP contribution in [0.1, 0.15) is 21.7 Å². The van der Waals surface area contributed by atoms with Crippen molar-refractivity contribution in [1.29, 1.82) is 0 Å². The molecule has 1 heterocycles. The van der Waals surface area contributed by atoms with Crippen LogP contribution in [-0.4, -0.2) is 13.0 Å². The average Bonchev–Trinajstić information content (AvgIpc) is 2.91. The van der Waals surface area contributed by atoms with Crippen LogP contribution in [-0.2, 0) is 6.54 Å². The number of methoxy groups -OCH3 is 1. The van der Waals surface area contributed by atoms with Crippen molar-refractivity contribution in [1.82, 2.24) is 5.32 Å². The van der Waals surface area contributed by atoms with Crippen molar-refractivity contribution < 1.29 is 18.3 Å². The number of aryl methyl sites for hydroxylation is 1. The van der Waals surface area contributed by atoms with Gasteiger partial charge in [0.15, 0.2) is 17.2 Å². The quantitative estimate of drug-likeness (QED) is 0.796. The maximum absolute atomic E-state index is 13.8. The van der Waals surface area contributed by atoms with Crippen molar-refractivity contribution in [2.45, 2.75) is 13.5 Å². The number of benzene rings is 2. The summed E-state index contributed by atoms with van der Waals surface area (Å²) in [6.45, 7) is 2.03. The average molecular weight is 313 g/mol. The number of hydrogen-bond acceptors (Lipinski definition) is 3. The number of hydrogen-bond donors (Lipinski definition) is 1. The maximum Gasteiger partial charge on any atom is 0.287 e. The lowest BCUT2D eigenvalue weighted by molar-refractivity contribution is 0.0924. The van der Waals surface area contributed by atoms with Gasteiger partial charge in [-0.1, -0.05) is 30.3 Å². The minimum absolute atomic E-state index is 0.104. The van der Waals surface area contributed by atoms with E-state index in [1.54, 1.807) is 26.2 Å². The topological polar surface area (TPSA) is 51.5 Å². The molecular weight excluding hydrogens is 297 g/mol. The van der Waals surface area contributed by atoms with Crippen molar-refractivity contribution in [3.05, 3.63) is 65.2 Å². The third-order valence-electron chi connectivity index (χ3n) is 3.75. The lowest BCUT2D eigenvalue weighted by Gasteiger charge is -2.08. The third kappa shape index (κ3) is 2.77. The van der Waals surface area contributed by atoms with Crippen LogP contribution in [0.15, 0.2) is 46.9 Å². The number of nitrogens with one attached hydrogen (secondary N) is 1. The van der Waals surface area contributed by atoms with Gasteiger partial charge in [0.2, 0.25) is 0 Å². The molecule has 2 aromatic carbocycles. The van der Waals surface area contributed by atoms with Gasteiger partial charge in [0.1, 0.15) is 5.75 Å². The molecule has 0 spiro atoms. The molecule has 3 aromatic rings.